The summed E-state index contributed by atoms with van der Waals surface area (Å²) in [5.41, 5.74) is 2.71. The van der Waals surface area contributed by atoms with Gasteiger partial charge in [-0.25, -0.2) is 19.6 Å². The second-order valence-corrected chi connectivity index (χ2v) is 10.2. The van der Waals surface area contributed by atoms with Crippen LogP contribution in [0.2, 0.25) is 0 Å². The first kappa shape index (κ1) is 35.3. The Balaban J connectivity index is 0.000000384. The highest BCUT2D eigenvalue weighted by molar-refractivity contribution is 5.94. The van der Waals surface area contributed by atoms with Gasteiger partial charge >= 0.3 is 24.3 Å². The van der Waals surface area contributed by atoms with Gasteiger partial charge in [-0.1, -0.05) is 0 Å². The van der Waals surface area contributed by atoms with Crippen LogP contribution in [0, 0.1) is 5.92 Å². The summed E-state index contributed by atoms with van der Waals surface area (Å²) in [6.07, 6.45) is 1.56. The lowest BCUT2D eigenvalue weighted by Crippen LogP contribution is -2.28. The number of aliphatic carboxylic acids is 2. The van der Waals surface area contributed by atoms with E-state index < -0.39 is 24.3 Å². The molecule has 0 bridgehead atoms. The van der Waals surface area contributed by atoms with Gasteiger partial charge < -0.3 is 29.9 Å². The number of carbonyl (C=O) groups is 3. The molecule has 3 N–H and O–H groups in total. The Kier molecular flexibility index (Phi) is 12.8. The third-order valence-electron chi connectivity index (χ3n) is 6.19. The van der Waals surface area contributed by atoms with Crippen molar-refractivity contribution in [2.75, 3.05) is 45.2 Å². The average Bonchev–Trinajstić information content (AvgIpc) is 3.37. The third kappa shape index (κ3) is 12.5. The molecule has 0 unspecified atom stereocenters. The van der Waals surface area contributed by atoms with Crippen LogP contribution in [0.15, 0.2) is 24.7 Å². The molecule has 1 aliphatic carbocycles. The molecule has 4 rings (SSSR count). The predicted octanol–water partition coefficient (Wildman–Crippen LogP) is 3.90. The minimum Gasteiger partial charge on any atom is -0.475 e. The van der Waals surface area contributed by atoms with E-state index in [2.05, 4.69) is 35.8 Å². The number of amides is 1. The van der Waals surface area contributed by atoms with Crippen LogP contribution in [0.3, 0.4) is 0 Å². The summed E-state index contributed by atoms with van der Waals surface area (Å²) in [5, 5.41) is 17.3. The highest BCUT2D eigenvalue weighted by Crippen LogP contribution is 2.32. The molecule has 2 fully saturated rings. The highest BCUT2D eigenvalue weighted by atomic mass is 19.4. The molecular weight excluding hydrogens is 590 g/mol. The van der Waals surface area contributed by atoms with Crippen LogP contribution >= 0.6 is 0 Å². The van der Waals surface area contributed by atoms with E-state index >= 15 is 0 Å². The first-order chi connectivity index (χ1) is 20.0. The number of carbonyl (C=O) groups excluding carboxylic acids is 1. The van der Waals surface area contributed by atoms with Gasteiger partial charge in [0, 0.05) is 55.9 Å². The van der Waals surface area contributed by atoms with Crippen LogP contribution in [0.25, 0.3) is 11.1 Å². The first-order valence-corrected chi connectivity index (χ1v) is 13.3. The van der Waals surface area contributed by atoms with Gasteiger partial charge in [-0.05, 0) is 64.7 Å². The molecule has 43 heavy (non-hydrogen) atoms. The Labute approximate surface area is 243 Å². The monoisotopic (exact) mass is 624 g/mol. The van der Waals surface area contributed by atoms with Gasteiger partial charge in [-0.15, -0.1) is 0 Å². The zero-order valence-electron chi connectivity index (χ0n) is 23.6. The minimum absolute atomic E-state index is 0.00487. The van der Waals surface area contributed by atoms with E-state index in [4.69, 9.17) is 19.8 Å². The van der Waals surface area contributed by atoms with Crippen molar-refractivity contribution in [1.29, 1.82) is 0 Å². The Hall–Kier alpha value is -3.89. The third-order valence-corrected chi connectivity index (χ3v) is 6.19. The second kappa shape index (κ2) is 15.5. The quantitative estimate of drug-likeness (QED) is 0.280. The number of halogens is 6. The lowest BCUT2D eigenvalue weighted by atomic mass is 10.2. The van der Waals surface area contributed by atoms with Gasteiger partial charge in [0.05, 0.1) is 0 Å². The van der Waals surface area contributed by atoms with Gasteiger partial charge in [0.15, 0.2) is 0 Å². The molecular formula is C26H34F6N6O5. The van der Waals surface area contributed by atoms with Crippen molar-refractivity contribution in [3.05, 3.63) is 30.4 Å². The summed E-state index contributed by atoms with van der Waals surface area (Å²) in [6.45, 7) is 4.64. The highest BCUT2D eigenvalue weighted by Gasteiger charge is 2.38. The van der Waals surface area contributed by atoms with Crippen LogP contribution in [-0.2, 0) is 16.1 Å². The number of anilines is 1. The molecule has 1 aliphatic heterocycles. The number of hydrogen-bond acceptors (Lipinski definition) is 7. The number of carboxylic acid groups (broad SMARTS) is 2. The molecule has 3 heterocycles. The van der Waals surface area contributed by atoms with Gasteiger partial charge in [0.2, 0.25) is 5.95 Å². The molecule has 240 valence electrons. The van der Waals surface area contributed by atoms with Gasteiger partial charge in [0.25, 0.3) is 5.91 Å². The molecule has 0 radical (unpaired) electrons. The number of alkyl halides is 6. The van der Waals surface area contributed by atoms with Crippen molar-refractivity contribution in [3.8, 4) is 11.1 Å². The van der Waals surface area contributed by atoms with E-state index in [1.807, 2.05) is 32.6 Å². The Morgan fingerprint density at radius 2 is 1.47 bits per heavy atom. The van der Waals surface area contributed by atoms with Gasteiger partial charge in [-0.3, -0.25) is 4.79 Å². The molecule has 11 nitrogen and oxygen atoms in total. The lowest BCUT2D eigenvalue weighted by molar-refractivity contribution is -0.193. The van der Waals surface area contributed by atoms with Gasteiger partial charge in [0.1, 0.15) is 5.69 Å². The Morgan fingerprint density at radius 3 is 1.91 bits per heavy atom. The maximum absolute atomic E-state index is 12.8. The van der Waals surface area contributed by atoms with Crippen LogP contribution in [0.1, 0.15) is 42.6 Å². The molecule has 2 aromatic heterocycles. The van der Waals surface area contributed by atoms with E-state index in [9.17, 15) is 31.1 Å². The SMILES string of the molecule is CN(C)CCCNC(=O)c1cc(-c2cnc(N3CCCC3)nc2)cn1CC1CC1.O=C(O)C(F)(F)F.O=C(O)C(F)(F)F. The topological polar surface area (TPSA) is 141 Å². The predicted molar refractivity (Wildman–Crippen MR) is 143 cm³/mol. The van der Waals surface area contributed by atoms with E-state index in [0.29, 0.717) is 12.5 Å². The van der Waals surface area contributed by atoms with Crippen LogP contribution in [-0.4, -0.2) is 100 Å². The summed E-state index contributed by atoms with van der Waals surface area (Å²) < 4.78 is 65.6. The number of nitrogens with zero attached hydrogens (tertiary/aromatic N) is 5. The van der Waals surface area contributed by atoms with Crippen molar-refractivity contribution in [3.63, 3.8) is 0 Å². The zero-order chi connectivity index (χ0) is 32.4. The Morgan fingerprint density at radius 1 is 0.953 bits per heavy atom. The fourth-order valence-electron chi connectivity index (χ4n) is 3.83. The molecule has 0 atom stereocenters. The van der Waals surface area contributed by atoms with E-state index in [1.165, 1.54) is 25.7 Å². The normalized spacial score (nSPS) is 14.9. The summed E-state index contributed by atoms with van der Waals surface area (Å²) in [4.78, 5) is 44.1. The summed E-state index contributed by atoms with van der Waals surface area (Å²) in [5.74, 6) is -4.00. The molecule has 0 aromatic carbocycles. The fraction of sp³-hybridized carbons (Fsp3) is 0.577. The standard InChI is InChI=1S/C22H32N6O.2C2HF3O2/c1-26(2)9-5-8-23-21(29)20-12-18(16-28(20)15-17-6-7-17)19-13-24-22(25-14-19)27-10-3-4-11-27;2*3-2(4,5)1(6)7/h12-14,16-17H,3-11,15H2,1-2H3,(H,23,29);2*(H,6,7). The molecule has 1 saturated heterocycles. The number of hydrogen-bond donors (Lipinski definition) is 3. The molecule has 2 aromatic rings. The average molecular weight is 625 g/mol. The molecule has 17 heteroatoms. The van der Waals surface area contributed by atoms with E-state index in [0.717, 1.165) is 55.4 Å². The number of carboxylic acids is 2. The van der Waals surface area contributed by atoms with Crippen LogP contribution in [0.5, 0.6) is 0 Å². The van der Waals surface area contributed by atoms with Crippen molar-refractivity contribution >= 4 is 23.8 Å². The van der Waals surface area contributed by atoms with Crippen molar-refractivity contribution in [2.45, 2.75) is 51.0 Å². The zero-order valence-corrected chi connectivity index (χ0v) is 23.6. The van der Waals surface area contributed by atoms with Crippen LogP contribution < -0.4 is 10.2 Å². The summed E-state index contributed by atoms with van der Waals surface area (Å²) in [7, 11) is 4.10. The largest absolute Gasteiger partial charge is 0.490 e. The first-order valence-electron chi connectivity index (χ1n) is 13.3. The van der Waals surface area contributed by atoms with Gasteiger partial charge in [-0.2, -0.15) is 26.3 Å². The van der Waals surface area contributed by atoms with E-state index in [-0.39, 0.29) is 5.91 Å². The Bertz CT molecular complexity index is 1180. The fourth-order valence-corrected chi connectivity index (χ4v) is 3.83. The second-order valence-electron chi connectivity index (χ2n) is 10.2. The number of rotatable bonds is 9. The summed E-state index contributed by atoms with van der Waals surface area (Å²) >= 11 is 0. The maximum atomic E-state index is 12.8. The van der Waals surface area contributed by atoms with Crippen LogP contribution in [0.4, 0.5) is 32.3 Å². The van der Waals surface area contributed by atoms with E-state index in [1.54, 1.807) is 0 Å². The summed E-state index contributed by atoms with van der Waals surface area (Å²) in [6, 6.07) is 1.98. The lowest BCUT2D eigenvalue weighted by Gasteiger charge is -2.14. The van der Waals surface area contributed by atoms with Crippen molar-refractivity contribution in [2.24, 2.45) is 5.92 Å². The minimum atomic E-state index is -5.08. The molecule has 1 saturated carbocycles. The number of nitrogens with one attached hydrogen (secondary N) is 1. The van der Waals surface area contributed by atoms with Crippen molar-refractivity contribution in [1.82, 2.24) is 24.8 Å². The van der Waals surface area contributed by atoms with Crippen molar-refractivity contribution < 1.29 is 50.9 Å². The maximum Gasteiger partial charge on any atom is 0.490 e. The smallest absolute Gasteiger partial charge is 0.475 e. The molecule has 2 aliphatic rings. The molecule has 1 amide bonds. The molecule has 0 spiro atoms. The number of aromatic nitrogens is 3.